The molecule has 4 rings (SSSR count). The van der Waals surface area contributed by atoms with Gasteiger partial charge in [-0.15, -0.1) is 5.10 Å². The third-order valence-electron chi connectivity index (χ3n) is 4.67. The van der Waals surface area contributed by atoms with Crippen LogP contribution in [0.3, 0.4) is 0 Å². The van der Waals surface area contributed by atoms with Crippen molar-refractivity contribution in [2.45, 2.75) is 25.1 Å². The first kappa shape index (κ1) is 19.8. The molecule has 30 heavy (non-hydrogen) atoms. The van der Waals surface area contributed by atoms with Gasteiger partial charge in [-0.1, -0.05) is 6.08 Å². The van der Waals surface area contributed by atoms with Gasteiger partial charge in [-0.2, -0.15) is 5.10 Å². The number of aliphatic hydroxyl groups is 2. The van der Waals surface area contributed by atoms with Crippen molar-refractivity contribution in [3.8, 4) is 22.5 Å². The summed E-state index contributed by atoms with van der Waals surface area (Å²) in [6.07, 6.45) is 6.58. The van der Waals surface area contributed by atoms with E-state index in [2.05, 4.69) is 25.6 Å². The first-order valence-corrected chi connectivity index (χ1v) is 9.05. The van der Waals surface area contributed by atoms with Crippen LogP contribution in [0.5, 0.6) is 0 Å². The Morgan fingerprint density at radius 1 is 1.27 bits per heavy atom. The summed E-state index contributed by atoms with van der Waals surface area (Å²) in [5, 5.41) is 34.0. The summed E-state index contributed by atoms with van der Waals surface area (Å²) in [6, 6.07) is 0.649. The Kier molecular flexibility index (Phi) is 5.33. The van der Waals surface area contributed by atoms with E-state index >= 15 is 0 Å². The molecule has 0 radical (unpaired) electrons. The molecule has 0 saturated carbocycles. The Morgan fingerprint density at radius 2 is 2.10 bits per heavy atom. The number of hydrogen-bond donors (Lipinski definition) is 3. The number of allylic oxidation sites excluding steroid dienone is 4. The molecule has 0 saturated heterocycles. The molecular weight excluding hydrogens is 398 g/mol. The zero-order chi connectivity index (χ0) is 21.3. The van der Waals surface area contributed by atoms with Crippen LogP contribution in [0.15, 0.2) is 48.5 Å². The van der Waals surface area contributed by atoms with Crippen LogP contribution >= 0.6 is 0 Å². The van der Waals surface area contributed by atoms with E-state index in [9.17, 15) is 13.9 Å². The summed E-state index contributed by atoms with van der Waals surface area (Å²) < 4.78 is 30.7. The van der Waals surface area contributed by atoms with Crippen molar-refractivity contribution < 1.29 is 19.0 Å². The number of tetrazole rings is 1. The molecule has 1 unspecified atom stereocenters. The average Bonchev–Trinajstić information content (AvgIpc) is 3.40. The topological polar surface area (TPSA) is 141 Å². The number of nitrogens with zero attached hydrogens (tertiary/aromatic N) is 7. The lowest BCUT2D eigenvalue weighted by Crippen LogP contribution is -2.19. The normalized spacial score (nSPS) is 17.5. The van der Waals surface area contributed by atoms with E-state index < -0.39 is 23.8 Å². The number of aromatic nitrogens is 7. The molecule has 0 spiro atoms. The molecule has 0 fully saturated rings. The molecular formula is C18H18F2N8O2. The Bertz CT molecular complexity index is 1120. The summed E-state index contributed by atoms with van der Waals surface area (Å²) >= 11 is 0. The van der Waals surface area contributed by atoms with E-state index in [1.807, 2.05) is 0 Å². The van der Waals surface area contributed by atoms with Crippen molar-refractivity contribution in [3.05, 3.63) is 48.5 Å². The summed E-state index contributed by atoms with van der Waals surface area (Å²) in [4.78, 5) is 4.17. The Hall–Kier alpha value is -3.51. The summed E-state index contributed by atoms with van der Waals surface area (Å²) in [5.74, 6) is -1.66. The van der Waals surface area contributed by atoms with Crippen LogP contribution in [-0.2, 0) is 6.54 Å². The maximum Gasteiger partial charge on any atom is 0.186 e. The Labute approximate surface area is 169 Å². The maximum absolute atomic E-state index is 14.3. The summed E-state index contributed by atoms with van der Waals surface area (Å²) in [7, 11) is 0. The average molecular weight is 416 g/mol. The lowest BCUT2D eigenvalue weighted by atomic mass is 10.1. The van der Waals surface area contributed by atoms with E-state index in [1.54, 1.807) is 18.5 Å². The molecule has 0 aromatic carbocycles. The lowest BCUT2D eigenvalue weighted by Gasteiger charge is -2.18. The van der Waals surface area contributed by atoms with Crippen LogP contribution in [0, 0.1) is 0 Å². The maximum atomic E-state index is 14.3. The van der Waals surface area contributed by atoms with Gasteiger partial charge in [0.15, 0.2) is 17.5 Å². The fourth-order valence-corrected chi connectivity index (χ4v) is 3.13. The van der Waals surface area contributed by atoms with E-state index in [1.165, 1.54) is 21.6 Å². The van der Waals surface area contributed by atoms with Crippen molar-refractivity contribution in [1.82, 2.24) is 35.0 Å². The predicted molar refractivity (Wildman–Crippen MR) is 102 cm³/mol. The third-order valence-corrected chi connectivity index (χ3v) is 4.67. The molecule has 0 aliphatic heterocycles. The molecule has 1 aliphatic rings. The molecule has 4 N–H and O–H groups in total. The molecule has 2 atom stereocenters. The number of halogens is 2. The second-order valence-electron chi connectivity index (χ2n) is 6.74. The second-order valence-corrected chi connectivity index (χ2v) is 6.74. The minimum Gasteiger partial charge on any atom is -0.394 e. The monoisotopic (exact) mass is 416 g/mol. The van der Waals surface area contributed by atoms with Crippen LogP contribution in [0.1, 0.15) is 12.5 Å². The molecule has 3 aromatic rings. The largest absolute Gasteiger partial charge is 0.394 e. The standard InChI is InChI=1S/C18H18F2N8O2/c19-14-2-1-3-15(16(14)20)28-18(24-25-26-28)13-4-10(5-22-17(13)21)11-6-23-27(7-11)8-12(30)9-29/h1-2,4-7,12,15,29-30H,3,8-9H2,(H2,21,22)/t12?,15-/m1/s1. The number of nitrogen functional groups attached to an aromatic ring is 1. The van der Waals surface area contributed by atoms with E-state index in [4.69, 9.17) is 10.8 Å². The highest BCUT2D eigenvalue weighted by atomic mass is 19.2. The molecule has 1 aliphatic carbocycles. The number of pyridine rings is 1. The molecule has 3 aromatic heterocycles. The third kappa shape index (κ3) is 3.69. The van der Waals surface area contributed by atoms with Gasteiger partial charge in [0.2, 0.25) is 0 Å². The minimum absolute atomic E-state index is 0.120. The van der Waals surface area contributed by atoms with E-state index in [-0.39, 0.29) is 31.2 Å². The molecule has 0 amide bonds. The number of hydrogen-bond acceptors (Lipinski definition) is 8. The Morgan fingerprint density at radius 3 is 2.90 bits per heavy atom. The first-order valence-electron chi connectivity index (χ1n) is 9.05. The van der Waals surface area contributed by atoms with E-state index in [0.29, 0.717) is 16.7 Å². The fraction of sp³-hybridized carbons (Fsp3) is 0.278. The quantitative estimate of drug-likeness (QED) is 0.544. The lowest BCUT2D eigenvalue weighted by molar-refractivity contribution is 0.0783. The molecule has 10 nitrogen and oxygen atoms in total. The van der Waals surface area contributed by atoms with Gasteiger partial charge in [-0.05, 0) is 29.0 Å². The zero-order valence-electron chi connectivity index (χ0n) is 15.6. The van der Waals surface area contributed by atoms with Crippen molar-refractivity contribution in [2.75, 3.05) is 12.3 Å². The zero-order valence-corrected chi connectivity index (χ0v) is 15.6. The van der Waals surface area contributed by atoms with E-state index in [0.717, 1.165) is 6.08 Å². The van der Waals surface area contributed by atoms with Gasteiger partial charge in [0.05, 0.1) is 31.0 Å². The molecule has 156 valence electrons. The van der Waals surface area contributed by atoms with Gasteiger partial charge < -0.3 is 15.9 Å². The van der Waals surface area contributed by atoms with Crippen molar-refractivity contribution in [1.29, 1.82) is 0 Å². The van der Waals surface area contributed by atoms with Crippen molar-refractivity contribution >= 4 is 5.82 Å². The van der Waals surface area contributed by atoms with Crippen LogP contribution in [-0.4, -0.2) is 57.9 Å². The fourth-order valence-electron chi connectivity index (χ4n) is 3.13. The predicted octanol–water partition coefficient (Wildman–Crippen LogP) is 1.19. The van der Waals surface area contributed by atoms with Gasteiger partial charge in [-0.3, -0.25) is 4.68 Å². The molecule has 3 heterocycles. The summed E-state index contributed by atoms with van der Waals surface area (Å²) in [6.45, 7) is -0.260. The van der Waals surface area contributed by atoms with Crippen molar-refractivity contribution in [2.24, 2.45) is 0 Å². The van der Waals surface area contributed by atoms with Crippen LogP contribution in [0.4, 0.5) is 14.6 Å². The minimum atomic E-state index is -1.02. The summed E-state index contributed by atoms with van der Waals surface area (Å²) in [5.41, 5.74) is 7.66. The van der Waals surface area contributed by atoms with Gasteiger partial charge >= 0.3 is 0 Å². The number of anilines is 1. The molecule has 0 bridgehead atoms. The number of nitrogens with two attached hydrogens (primary N) is 1. The van der Waals surface area contributed by atoms with Gasteiger partial charge in [0.25, 0.3) is 0 Å². The van der Waals surface area contributed by atoms with Crippen molar-refractivity contribution in [3.63, 3.8) is 0 Å². The SMILES string of the molecule is Nc1ncc(-c2cnn(CC(O)CO)c2)cc1-c1nnnn1[C@@H]1CC=CC(F)=C1F. The van der Waals surface area contributed by atoms with Gasteiger partial charge in [-0.25, -0.2) is 18.4 Å². The van der Waals surface area contributed by atoms with Gasteiger partial charge in [0.1, 0.15) is 11.9 Å². The number of aliphatic hydroxyl groups excluding tert-OH is 2. The smallest absolute Gasteiger partial charge is 0.186 e. The molecule has 12 heteroatoms. The van der Waals surface area contributed by atoms with Crippen LogP contribution in [0.25, 0.3) is 22.5 Å². The number of rotatable bonds is 6. The van der Waals surface area contributed by atoms with Crippen LogP contribution < -0.4 is 5.73 Å². The van der Waals surface area contributed by atoms with Gasteiger partial charge in [0, 0.05) is 23.5 Å². The van der Waals surface area contributed by atoms with Crippen LogP contribution in [0.2, 0.25) is 0 Å². The second kappa shape index (κ2) is 8.08. The highest BCUT2D eigenvalue weighted by Crippen LogP contribution is 2.35. The first-order chi connectivity index (χ1) is 14.5. The highest BCUT2D eigenvalue weighted by molar-refractivity contribution is 5.75. The Balaban J connectivity index is 1.69. The highest BCUT2D eigenvalue weighted by Gasteiger charge is 2.27.